The molecule has 0 saturated carbocycles. The molecule has 2 N–H and O–H groups in total. The van der Waals surface area contributed by atoms with Crippen molar-refractivity contribution in [1.82, 2.24) is 14.5 Å². The zero-order valence-electron chi connectivity index (χ0n) is 16.6. The molecule has 3 heterocycles. The molecule has 29 heavy (non-hydrogen) atoms. The lowest BCUT2D eigenvalue weighted by atomic mass is 9.70. The van der Waals surface area contributed by atoms with Crippen molar-refractivity contribution in [1.29, 1.82) is 0 Å². The summed E-state index contributed by atoms with van der Waals surface area (Å²) in [4.78, 5) is 19.3. The highest BCUT2D eigenvalue weighted by molar-refractivity contribution is 5.91. The number of carbonyl (C=O) groups is 1. The van der Waals surface area contributed by atoms with E-state index in [9.17, 15) is 4.79 Å². The molecule has 0 bridgehead atoms. The molecule has 0 unspecified atom stereocenters. The minimum Gasteiger partial charge on any atom is -0.364 e. The molecule has 5 heteroatoms. The summed E-state index contributed by atoms with van der Waals surface area (Å²) in [6, 6.07) is 19.4. The zero-order valence-corrected chi connectivity index (χ0v) is 16.6. The van der Waals surface area contributed by atoms with Gasteiger partial charge in [0.2, 0.25) is 0 Å². The molecule has 1 saturated heterocycles. The van der Waals surface area contributed by atoms with Crippen LogP contribution < -0.4 is 5.73 Å². The van der Waals surface area contributed by atoms with E-state index in [0.717, 1.165) is 51.3 Å². The maximum absolute atomic E-state index is 12.0. The number of aryl methyl sites for hydroxylation is 1. The summed E-state index contributed by atoms with van der Waals surface area (Å²) in [5.74, 6) is 0.613. The fourth-order valence-electron chi connectivity index (χ4n) is 5.17. The predicted molar refractivity (Wildman–Crippen MR) is 113 cm³/mol. The molecule has 1 amide bonds. The van der Waals surface area contributed by atoms with E-state index in [1.807, 2.05) is 0 Å². The molecular weight excluding hydrogens is 360 g/mol. The van der Waals surface area contributed by atoms with Crippen molar-refractivity contribution in [2.45, 2.75) is 37.8 Å². The number of primary amides is 1. The lowest BCUT2D eigenvalue weighted by molar-refractivity contribution is 0.0990. The molecule has 1 aromatic heterocycles. The van der Waals surface area contributed by atoms with E-state index >= 15 is 0 Å². The van der Waals surface area contributed by atoms with E-state index in [1.165, 1.54) is 16.7 Å². The van der Waals surface area contributed by atoms with Gasteiger partial charge >= 0.3 is 0 Å². The van der Waals surface area contributed by atoms with Crippen molar-refractivity contribution in [3.63, 3.8) is 0 Å². The number of likely N-dealkylation sites (tertiary alicyclic amines) is 1. The first-order chi connectivity index (χ1) is 14.2. The van der Waals surface area contributed by atoms with Crippen molar-refractivity contribution < 1.29 is 4.79 Å². The Morgan fingerprint density at radius 3 is 2.48 bits per heavy atom. The first-order valence-corrected chi connectivity index (χ1v) is 10.4. The minimum absolute atomic E-state index is 0.159. The van der Waals surface area contributed by atoms with Crippen LogP contribution in [0.25, 0.3) is 0 Å². The fourth-order valence-corrected chi connectivity index (χ4v) is 5.17. The second-order valence-corrected chi connectivity index (χ2v) is 8.23. The van der Waals surface area contributed by atoms with Gasteiger partial charge in [-0.3, -0.25) is 9.69 Å². The van der Waals surface area contributed by atoms with Gasteiger partial charge in [-0.05, 0) is 49.0 Å². The van der Waals surface area contributed by atoms with Gasteiger partial charge in [-0.15, -0.1) is 0 Å². The number of fused-ring (bicyclic) bond motifs is 4. The van der Waals surface area contributed by atoms with Gasteiger partial charge in [0, 0.05) is 13.1 Å². The van der Waals surface area contributed by atoms with Gasteiger partial charge in [-0.2, -0.15) is 0 Å². The highest BCUT2D eigenvalue weighted by Gasteiger charge is 2.44. The van der Waals surface area contributed by atoms with Crippen LogP contribution in [0.5, 0.6) is 0 Å². The van der Waals surface area contributed by atoms with Crippen LogP contribution in [0.2, 0.25) is 0 Å². The Labute approximate surface area is 171 Å². The molecular formula is C24H26N4O. The summed E-state index contributed by atoms with van der Waals surface area (Å²) in [7, 11) is 0. The van der Waals surface area contributed by atoms with Crippen molar-refractivity contribution in [3.05, 3.63) is 89.0 Å². The Hall–Kier alpha value is -2.92. The second kappa shape index (κ2) is 7.16. The number of nitrogens with two attached hydrogens (primary N) is 1. The number of rotatable bonds is 3. The standard InChI is InChI=1S/C24H26N4O/c25-22(29)21-16-26-23-24(20-9-5-4-8-19(20)10-13-28(21)23)11-14-27(15-12-24)17-18-6-2-1-3-7-18/h1-9,16H,10-15,17H2,(H2,25,29). The van der Waals surface area contributed by atoms with Crippen LogP contribution in [-0.2, 0) is 24.9 Å². The largest absolute Gasteiger partial charge is 0.364 e. The Morgan fingerprint density at radius 2 is 1.72 bits per heavy atom. The molecule has 5 nitrogen and oxygen atoms in total. The number of nitrogens with zero attached hydrogens (tertiary/aromatic N) is 3. The molecule has 2 aliphatic heterocycles. The SMILES string of the molecule is NC(=O)c1cnc2n1CCc1ccccc1C21CCN(Cc2ccccc2)CC1. The predicted octanol–water partition coefficient (Wildman–Crippen LogP) is 3.12. The Kier molecular flexibility index (Phi) is 4.47. The monoisotopic (exact) mass is 386 g/mol. The minimum atomic E-state index is -0.397. The average molecular weight is 386 g/mol. The van der Waals surface area contributed by atoms with Gasteiger partial charge in [0.25, 0.3) is 5.91 Å². The van der Waals surface area contributed by atoms with Gasteiger partial charge in [-0.1, -0.05) is 54.6 Å². The van der Waals surface area contributed by atoms with E-state index in [-0.39, 0.29) is 5.41 Å². The Bertz CT molecular complexity index is 1030. The number of imidazole rings is 1. The zero-order chi connectivity index (χ0) is 19.8. The van der Waals surface area contributed by atoms with Crippen molar-refractivity contribution >= 4 is 5.91 Å². The van der Waals surface area contributed by atoms with E-state index < -0.39 is 5.91 Å². The highest BCUT2D eigenvalue weighted by atomic mass is 16.1. The summed E-state index contributed by atoms with van der Waals surface area (Å²) in [5.41, 5.74) is 10.1. The van der Waals surface area contributed by atoms with Crippen molar-refractivity contribution in [3.8, 4) is 0 Å². The quantitative estimate of drug-likeness (QED) is 0.752. The van der Waals surface area contributed by atoms with Crippen molar-refractivity contribution in [2.24, 2.45) is 5.73 Å². The summed E-state index contributed by atoms with van der Waals surface area (Å²) < 4.78 is 2.08. The topological polar surface area (TPSA) is 64.2 Å². The maximum atomic E-state index is 12.0. The fraction of sp³-hybridized carbons (Fsp3) is 0.333. The molecule has 5 rings (SSSR count). The molecule has 2 aliphatic rings. The number of hydrogen-bond donors (Lipinski definition) is 1. The summed E-state index contributed by atoms with van der Waals surface area (Å²) in [6.45, 7) is 3.73. The lowest BCUT2D eigenvalue weighted by Gasteiger charge is -2.42. The van der Waals surface area contributed by atoms with Gasteiger partial charge in [0.15, 0.2) is 0 Å². The van der Waals surface area contributed by atoms with Gasteiger partial charge in [-0.25, -0.2) is 4.98 Å². The molecule has 2 aromatic carbocycles. The number of aromatic nitrogens is 2. The number of carbonyl (C=O) groups excluding carboxylic acids is 1. The maximum Gasteiger partial charge on any atom is 0.266 e. The molecule has 148 valence electrons. The molecule has 0 atom stereocenters. The molecule has 0 aliphatic carbocycles. The number of amides is 1. The molecule has 1 fully saturated rings. The molecule has 0 radical (unpaired) electrons. The third-order valence-electron chi connectivity index (χ3n) is 6.63. The Morgan fingerprint density at radius 1 is 1.00 bits per heavy atom. The summed E-state index contributed by atoms with van der Waals surface area (Å²) in [5, 5.41) is 0. The average Bonchev–Trinajstić information content (AvgIpc) is 3.14. The van der Waals surface area contributed by atoms with Gasteiger partial charge in [0.1, 0.15) is 11.5 Å². The van der Waals surface area contributed by atoms with Crippen molar-refractivity contribution in [2.75, 3.05) is 13.1 Å². The molecule has 1 spiro atoms. The van der Waals surface area contributed by atoms with Crippen LogP contribution >= 0.6 is 0 Å². The smallest absolute Gasteiger partial charge is 0.266 e. The van der Waals surface area contributed by atoms with Crippen LogP contribution in [0.15, 0.2) is 60.8 Å². The van der Waals surface area contributed by atoms with Crippen LogP contribution in [-0.4, -0.2) is 33.4 Å². The van der Waals surface area contributed by atoms with Gasteiger partial charge in [0.05, 0.1) is 11.6 Å². The van der Waals surface area contributed by atoms with Crippen LogP contribution in [0.3, 0.4) is 0 Å². The Balaban J connectivity index is 1.51. The number of piperidine rings is 1. The van der Waals surface area contributed by atoms with E-state index in [1.54, 1.807) is 6.20 Å². The first kappa shape index (κ1) is 18.1. The normalized spacial score (nSPS) is 18.1. The number of benzene rings is 2. The first-order valence-electron chi connectivity index (χ1n) is 10.4. The number of hydrogen-bond acceptors (Lipinski definition) is 3. The third kappa shape index (κ3) is 3.06. The van der Waals surface area contributed by atoms with E-state index in [2.05, 4.69) is 64.1 Å². The van der Waals surface area contributed by atoms with Gasteiger partial charge < -0.3 is 10.3 Å². The van der Waals surface area contributed by atoms with Crippen LogP contribution in [0, 0.1) is 0 Å². The summed E-state index contributed by atoms with van der Waals surface area (Å²) >= 11 is 0. The molecule has 3 aromatic rings. The third-order valence-corrected chi connectivity index (χ3v) is 6.63. The lowest BCUT2D eigenvalue weighted by Crippen LogP contribution is -2.44. The summed E-state index contributed by atoms with van der Waals surface area (Å²) in [6.07, 6.45) is 4.55. The van der Waals surface area contributed by atoms with Crippen LogP contribution in [0.4, 0.5) is 0 Å². The second-order valence-electron chi connectivity index (χ2n) is 8.23. The van der Waals surface area contributed by atoms with Crippen LogP contribution in [0.1, 0.15) is 45.8 Å². The highest BCUT2D eigenvalue weighted by Crippen LogP contribution is 2.44. The van der Waals surface area contributed by atoms with E-state index in [0.29, 0.717) is 5.69 Å². The van der Waals surface area contributed by atoms with E-state index in [4.69, 9.17) is 10.7 Å².